The molecule has 1 atom stereocenters. The summed E-state index contributed by atoms with van der Waals surface area (Å²) in [4.78, 5) is 13.9. The minimum atomic E-state index is 0.0233. The van der Waals surface area contributed by atoms with Gasteiger partial charge in [0.05, 0.1) is 0 Å². The number of carbonyl (C=O) groups is 1. The summed E-state index contributed by atoms with van der Waals surface area (Å²) in [7, 11) is 0. The second kappa shape index (κ2) is 5.21. The Kier molecular flexibility index (Phi) is 4.46. The minimum absolute atomic E-state index is 0.0233. The Labute approximate surface area is 96.8 Å². The molecule has 1 unspecified atom stereocenters. The third-order valence-corrected chi connectivity index (χ3v) is 4.04. The summed E-state index contributed by atoms with van der Waals surface area (Å²) in [6.45, 7) is 8.14. The van der Waals surface area contributed by atoms with Gasteiger partial charge < -0.3 is 10.6 Å². The molecule has 0 aromatic rings. The lowest BCUT2D eigenvalue weighted by atomic mass is 10.1. The molecule has 1 heterocycles. The van der Waals surface area contributed by atoms with Crippen LogP contribution in [-0.2, 0) is 4.79 Å². The average molecular weight is 230 g/mol. The van der Waals surface area contributed by atoms with Gasteiger partial charge in [0.25, 0.3) is 0 Å². The van der Waals surface area contributed by atoms with Crippen molar-refractivity contribution in [2.24, 2.45) is 5.73 Å². The molecule has 0 spiro atoms. The highest BCUT2D eigenvalue weighted by Crippen LogP contribution is 2.29. The molecule has 2 N–H and O–H groups in total. The third-order valence-electron chi connectivity index (χ3n) is 2.74. The van der Waals surface area contributed by atoms with Crippen molar-refractivity contribution in [1.82, 2.24) is 4.90 Å². The molecule has 1 rings (SSSR count). The van der Waals surface area contributed by atoms with Crippen molar-refractivity contribution in [3.8, 4) is 0 Å². The zero-order valence-electron chi connectivity index (χ0n) is 9.95. The predicted octanol–water partition coefficient (Wildman–Crippen LogP) is 1.47. The van der Waals surface area contributed by atoms with Gasteiger partial charge in [-0.25, -0.2) is 0 Å². The summed E-state index contributed by atoms with van der Waals surface area (Å²) in [6, 6.07) is 0.0233. The fourth-order valence-electron chi connectivity index (χ4n) is 1.73. The number of thioether (sulfide) groups is 1. The van der Waals surface area contributed by atoms with Crippen LogP contribution in [0.25, 0.3) is 0 Å². The van der Waals surface area contributed by atoms with E-state index in [9.17, 15) is 4.79 Å². The molecule has 4 heteroatoms. The molecular formula is C11H22N2OS. The number of carbonyl (C=O) groups excluding carboxylic acids is 1. The first-order chi connectivity index (χ1) is 6.94. The van der Waals surface area contributed by atoms with Gasteiger partial charge in [-0.3, -0.25) is 4.79 Å². The van der Waals surface area contributed by atoms with E-state index in [1.165, 1.54) is 0 Å². The van der Waals surface area contributed by atoms with Crippen LogP contribution >= 0.6 is 11.8 Å². The number of nitrogens with two attached hydrogens (primary N) is 1. The van der Waals surface area contributed by atoms with E-state index >= 15 is 0 Å². The van der Waals surface area contributed by atoms with Crippen molar-refractivity contribution in [3.05, 3.63) is 0 Å². The van der Waals surface area contributed by atoms with Crippen molar-refractivity contribution in [2.75, 3.05) is 18.8 Å². The van der Waals surface area contributed by atoms with Crippen molar-refractivity contribution in [2.45, 2.75) is 44.4 Å². The molecule has 0 radical (unpaired) electrons. The summed E-state index contributed by atoms with van der Waals surface area (Å²) in [5.41, 5.74) is 5.80. The maximum absolute atomic E-state index is 11.9. The second-order valence-electron chi connectivity index (χ2n) is 4.80. The normalized spacial score (nSPS) is 22.5. The molecule has 1 aliphatic heterocycles. The Morgan fingerprint density at radius 2 is 2.27 bits per heavy atom. The van der Waals surface area contributed by atoms with E-state index in [0.717, 1.165) is 25.3 Å². The maximum atomic E-state index is 11.9. The molecule has 1 aliphatic rings. The van der Waals surface area contributed by atoms with Crippen LogP contribution < -0.4 is 5.73 Å². The number of rotatable bonds is 3. The molecule has 15 heavy (non-hydrogen) atoms. The van der Waals surface area contributed by atoms with Crippen LogP contribution in [0.1, 0.15) is 33.6 Å². The zero-order chi connectivity index (χ0) is 11.5. The topological polar surface area (TPSA) is 46.3 Å². The Balaban J connectivity index is 2.46. The van der Waals surface area contributed by atoms with Crippen LogP contribution in [0, 0.1) is 0 Å². The number of nitrogens with zero attached hydrogens (tertiary/aromatic N) is 1. The van der Waals surface area contributed by atoms with Crippen LogP contribution in [0.4, 0.5) is 0 Å². The lowest BCUT2D eigenvalue weighted by molar-refractivity contribution is -0.131. The standard InChI is InChI=1S/C11H22N2OS/c1-4-9(12)7-10(14)13-5-6-15-11(2,3)8-13/h9H,4-8,12H2,1-3H3. The monoisotopic (exact) mass is 230 g/mol. The smallest absolute Gasteiger partial charge is 0.224 e. The number of amides is 1. The van der Waals surface area contributed by atoms with E-state index in [1.807, 2.05) is 23.6 Å². The average Bonchev–Trinajstić information content (AvgIpc) is 2.16. The van der Waals surface area contributed by atoms with Gasteiger partial charge in [-0.2, -0.15) is 11.8 Å². The van der Waals surface area contributed by atoms with E-state index in [1.54, 1.807) is 0 Å². The van der Waals surface area contributed by atoms with Gasteiger partial charge in [0.15, 0.2) is 0 Å². The molecule has 88 valence electrons. The molecular weight excluding hydrogens is 208 g/mol. The summed E-state index contributed by atoms with van der Waals surface area (Å²) in [5, 5.41) is 0. The first-order valence-corrected chi connectivity index (χ1v) is 6.60. The molecule has 1 amide bonds. The van der Waals surface area contributed by atoms with Gasteiger partial charge in [-0.05, 0) is 20.3 Å². The van der Waals surface area contributed by atoms with Gasteiger partial charge in [0, 0.05) is 36.1 Å². The predicted molar refractivity (Wildman–Crippen MR) is 66.0 cm³/mol. The van der Waals surface area contributed by atoms with Gasteiger partial charge in [0.1, 0.15) is 0 Å². The summed E-state index contributed by atoms with van der Waals surface area (Å²) in [5.74, 6) is 1.26. The first kappa shape index (κ1) is 12.8. The van der Waals surface area contributed by atoms with E-state index in [2.05, 4.69) is 13.8 Å². The van der Waals surface area contributed by atoms with E-state index in [-0.39, 0.29) is 16.7 Å². The Morgan fingerprint density at radius 3 is 2.80 bits per heavy atom. The summed E-state index contributed by atoms with van der Waals surface area (Å²) in [6.07, 6.45) is 1.37. The molecule has 0 aromatic carbocycles. The van der Waals surface area contributed by atoms with Gasteiger partial charge >= 0.3 is 0 Å². The molecule has 3 nitrogen and oxygen atoms in total. The molecule has 1 saturated heterocycles. The van der Waals surface area contributed by atoms with Crippen LogP contribution in [0.2, 0.25) is 0 Å². The Hall–Kier alpha value is -0.220. The summed E-state index contributed by atoms with van der Waals surface area (Å²) < 4.78 is 0.199. The SMILES string of the molecule is CCC(N)CC(=O)N1CCSC(C)(C)C1. The Bertz CT molecular complexity index is 231. The quantitative estimate of drug-likeness (QED) is 0.798. The van der Waals surface area contributed by atoms with Crippen LogP contribution in [-0.4, -0.2) is 40.4 Å². The Morgan fingerprint density at radius 1 is 1.60 bits per heavy atom. The molecule has 0 aliphatic carbocycles. The highest BCUT2D eigenvalue weighted by Gasteiger charge is 2.29. The summed E-state index contributed by atoms with van der Waals surface area (Å²) >= 11 is 1.94. The van der Waals surface area contributed by atoms with Crippen molar-refractivity contribution in [1.29, 1.82) is 0 Å². The van der Waals surface area contributed by atoms with Crippen molar-refractivity contribution in [3.63, 3.8) is 0 Å². The van der Waals surface area contributed by atoms with Crippen molar-refractivity contribution < 1.29 is 4.79 Å². The second-order valence-corrected chi connectivity index (χ2v) is 6.60. The zero-order valence-corrected chi connectivity index (χ0v) is 10.8. The van der Waals surface area contributed by atoms with Crippen LogP contribution in [0.3, 0.4) is 0 Å². The highest BCUT2D eigenvalue weighted by atomic mass is 32.2. The molecule has 0 saturated carbocycles. The molecule has 0 aromatic heterocycles. The molecule has 1 fully saturated rings. The first-order valence-electron chi connectivity index (χ1n) is 5.62. The van der Waals surface area contributed by atoms with Gasteiger partial charge in [-0.15, -0.1) is 0 Å². The van der Waals surface area contributed by atoms with Gasteiger partial charge in [0.2, 0.25) is 5.91 Å². The number of hydrogen-bond acceptors (Lipinski definition) is 3. The maximum Gasteiger partial charge on any atom is 0.224 e. The van der Waals surface area contributed by atoms with E-state index in [0.29, 0.717) is 6.42 Å². The number of hydrogen-bond donors (Lipinski definition) is 1. The highest BCUT2D eigenvalue weighted by molar-refractivity contribution is 8.00. The van der Waals surface area contributed by atoms with Crippen LogP contribution in [0.5, 0.6) is 0 Å². The van der Waals surface area contributed by atoms with E-state index in [4.69, 9.17) is 5.73 Å². The van der Waals surface area contributed by atoms with Gasteiger partial charge in [-0.1, -0.05) is 6.92 Å². The van der Waals surface area contributed by atoms with Crippen molar-refractivity contribution >= 4 is 17.7 Å². The largest absolute Gasteiger partial charge is 0.340 e. The fraction of sp³-hybridized carbons (Fsp3) is 0.909. The van der Waals surface area contributed by atoms with E-state index < -0.39 is 0 Å². The fourth-order valence-corrected chi connectivity index (χ4v) is 2.84. The lowest BCUT2D eigenvalue weighted by Gasteiger charge is -2.37. The third kappa shape index (κ3) is 4.03. The molecule has 0 bridgehead atoms. The minimum Gasteiger partial charge on any atom is -0.340 e. The lowest BCUT2D eigenvalue weighted by Crippen LogP contribution is -2.47. The van der Waals surface area contributed by atoms with Crippen LogP contribution in [0.15, 0.2) is 0 Å².